The average Bonchev–Trinajstić information content (AvgIpc) is 3.11. The van der Waals surface area contributed by atoms with Crippen molar-refractivity contribution < 1.29 is 9.34 Å². The summed E-state index contributed by atoms with van der Waals surface area (Å²) >= 11 is 11.2. The van der Waals surface area contributed by atoms with Crippen molar-refractivity contribution in [1.29, 1.82) is 0 Å². The fourth-order valence-electron chi connectivity index (χ4n) is 2.22. The lowest BCUT2D eigenvalue weighted by molar-refractivity contribution is -0.384. The Hall–Kier alpha value is -3.23. The summed E-state index contributed by atoms with van der Waals surface area (Å²) in [5.41, 5.74) is 4.00. The fourth-order valence-corrected chi connectivity index (χ4v) is 2.66. The van der Waals surface area contributed by atoms with Crippen molar-refractivity contribution in [2.45, 2.75) is 0 Å². The second-order valence-corrected chi connectivity index (χ2v) is 6.13. The largest absolute Gasteiger partial charge is 0.455 e. The van der Waals surface area contributed by atoms with E-state index in [1.807, 2.05) is 30.3 Å². The predicted octanol–water partition coefficient (Wildman–Crippen LogP) is 4.83. The minimum Gasteiger partial charge on any atom is -0.455 e. The van der Waals surface area contributed by atoms with Gasteiger partial charge in [0, 0.05) is 23.4 Å². The zero-order chi connectivity index (χ0) is 19.2. The van der Waals surface area contributed by atoms with Crippen LogP contribution in [0.2, 0.25) is 5.02 Å². The smallest absolute Gasteiger partial charge is 0.270 e. The van der Waals surface area contributed by atoms with E-state index < -0.39 is 4.92 Å². The molecule has 1 heterocycles. The van der Waals surface area contributed by atoms with Gasteiger partial charge in [-0.15, -0.1) is 0 Å². The van der Waals surface area contributed by atoms with Gasteiger partial charge in [0.05, 0.1) is 16.2 Å². The first-order chi connectivity index (χ1) is 13.0. The summed E-state index contributed by atoms with van der Waals surface area (Å²) in [4.78, 5) is 10.3. The topological polar surface area (TPSA) is 92.7 Å². The van der Waals surface area contributed by atoms with Gasteiger partial charge in [-0.3, -0.25) is 15.5 Å². The summed E-state index contributed by atoms with van der Waals surface area (Å²) in [7, 11) is 0. The van der Waals surface area contributed by atoms with Gasteiger partial charge >= 0.3 is 0 Å². The summed E-state index contributed by atoms with van der Waals surface area (Å²) in [6.07, 6.45) is 1.46. The van der Waals surface area contributed by atoms with Crippen LogP contribution in [0.3, 0.4) is 0 Å². The third-order valence-electron chi connectivity index (χ3n) is 3.45. The average molecular weight is 401 g/mol. The van der Waals surface area contributed by atoms with Crippen LogP contribution in [0.25, 0.3) is 11.3 Å². The number of nitrogens with one attached hydrogen (secondary N) is 2. The Morgan fingerprint density at radius 2 is 1.96 bits per heavy atom. The number of halogens is 1. The highest BCUT2D eigenvalue weighted by Gasteiger charge is 2.13. The highest BCUT2D eigenvalue weighted by Crippen LogP contribution is 2.31. The molecule has 0 spiro atoms. The molecule has 0 saturated carbocycles. The van der Waals surface area contributed by atoms with Crippen molar-refractivity contribution in [2.24, 2.45) is 5.10 Å². The zero-order valence-corrected chi connectivity index (χ0v) is 15.3. The molecule has 3 aromatic rings. The summed E-state index contributed by atoms with van der Waals surface area (Å²) in [6, 6.07) is 17.0. The summed E-state index contributed by atoms with van der Waals surface area (Å²) < 4.78 is 5.64. The molecular weight excluding hydrogens is 388 g/mol. The van der Waals surface area contributed by atoms with Gasteiger partial charge in [0.1, 0.15) is 11.5 Å². The molecule has 0 unspecified atom stereocenters. The molecule has 0 fully saturated rings. The molecule has 0 radical (unpaired) electrons. The maximum Gasteiger partial charge on any atom is 0.270 e. The number of nitro groups is 1. The lowest BCUT2D eigenvalue weighted by Crippen LogP contribution is -2.23. The van der Waals surface area contributed by atoms with E-state index in [2.05, 4.69) is 15.8 Å². The monoisotopic (exact) mass is 400 g/mol. The normalized spacial score (nSPS) is 10.7. The number of hydrogen-bond acceptors (Lipinski definition) is 5. The van der Waals surface area contributed by atoms with E-state index in [-0.39, 0.29) is 10.7 Å². The zero-order valence-electron chi connectivity index (χ0n) is 13.8. The molecule has 136 valence electrons. The highest BCUT2D eigenvalue weighted by molar-refractivity contribution is 7.80. The Morgan fingerprint density at radius 1 is 1.19 bits per heavy atom. The van der Waals surface area contributed by atoms with Crippen molar-refractivity contribution in [2.75, 3.05) is 5.32 Å². The maximum absolute atomic E-state index is 10.8. The molecule has 0 aliphatic heterocycles. The maximum atomic E-state index is 10.8. The van der Waals surface area contributed by atoms with Gasteiger partial charge in [0.2, 0.25) is 0 Å². The van der Waals surface area contributed by atoms with E-state index in [0.717, 1.165) is 5.69 Å². The first-order valence-corrected chi connectivity index (χ1v) is 8.51. The number of thiocarbonyl (C=S) groups is 1. The SMILES string of the molecule is O=[N+]([O-])c1ccc(-c2ccc(/C=N/NC(=S)Nc3ccccc3)o2)c(Cl)c1. The van der Waals surface area contributed by atoms with Gasteiger partial charge < -0.3 is 9.73 Å². The van der Waals surface area contributed by atoms with Crippen molar-refractivity contribution in [3.63, 3.8) is 0 Å². The van der Waals surface area contributed by atoms with E-state index in [1.165, 1.54) is 24.4 Å². The van der Waals surface area contributed by atoms with Gasteiger partial charge in [-0.25, -0.2) is 0 Å². The molecule has 0 saturated heterocycles. The molecule has 3 rings (SSSR count). The van der Waals surface area contributed by atoms with Gasteiger partial charge in [-0.05, 0) is 42.5 Å². The number of benzene rings is 2. The minimum atomic E-state index is -0.506. The minimum absolute atomic E-state index is 0.0827. The molecule has 0 atom stereocenters. The van der Waals surface area contributed by atoms with Crippen molar-refractivity contribution in [3.05, 3.63) is 81.6 Å². The predicted molar refractivity (Wildman–Crippen MR) is 109 cm³/mol. The van der Waals surface area contributed by atoms with Crippen molar-refractivity contribution in [3.8, 4) is 11.3 Å². The van der Waals surface area contributed by atoms with E-state index in [4.69, 9.17) is 28.2 Å². The molecular formula is C18H13ClN4O3S. The standard InChI is InChI=1S/C18H13ClN4O3S/c19-16-10-13(23(24)25)6-8-15(16)17-9-7-14(26-17)11-20-22-18(27)21-12-4-2-1-3-5-12/h1-11H,(H2,21,22,27)/b20-11+. The summed E-state index contributed by atoms with van der Waals surface area (Å²) in [5, 5.41) is 18.3. The van der Waals surface area contributed by atoms with E-state index >= 15 is 0 Å². The fraction of sp³-hybridized carbons (Fsp3) is 0. The van der Waals surface area contributed by atoms with Crippen LogP contribution in [0.15, 0.2) is 70.2 Å². The number of nitrogens with zero attached hydrogens (tertiary/aromatic N) is 2. The van der Waals surface area contributed by atoms with Gasteiger partial charge in [0.15, 0.2) is 5.11 Å². The molecule has 0 aliphatic carbocycles. The number of hydrazone groups is 1. The van der Waals surface area contributed by atoms with Gasteiger partial charge in [-0.1, -0.05) is 29.8 Å². The number of nitro benzene ring substituents is 1. The van der Waals surface area contributed by atoms with Crippen LogP contribution in [-0.4, -0.2) is 16.3 Å². The van der Waals surface area contributed by atoms with Crippen LogP contribution < -0.4 is 10.7 Å². The molecule has 2 N–H and O–H groups in total. The van der Waals surface area contributed by atoms with E-state index in [9.17, 15) is 10.1 Å². The van der Waals surface area contributed by atoms with Crippen molar-refractivity contribution >= 4 is 46.5 Å². The summed E-state index contributed by atoms with van der Waals surface area (Å²) in [6.45, 7) is 0. The second-order valence-electron chi connectivity index (χ2n) is 5.31. The van der Waals surface area contributed by atoms with E-state index in [1.54, 1.807) is 12.1 Å². The van der Waals surface area contributed by atoms with Crippen LogP contribution in [-0.2, 0) is 0 Å². The van der Waals surface area contributed by atoms with Crippen LogP contribution in [0, 0.1) is 10.1 Å². The highest BCUT2D eigenvalue weighted by atomic mass is 35.5. The molecule has 0 bridgehead atoms. The summed E-state index contributed by atoms with van der Waals surface area (Å²) in [5.74, 6) is 0.941. The number of rotatable bonds is 5. The second kappa shape index (κ2) is 8.43. The molecule has 2 aromatic carbocycles. The lowest BCUT2D eigenvalue weighted by atomic mass is 10.1. The Balaban J connectivity index is 1.63. The molecule has 0 aliphatic rings. The Kier molecular flexibility index (Phi) is 5.80. The molecule has 27 heavy (non-hydrogen) atoms. The van der Waals surface area contributed by atoms with E-state index in [0.29, 0.717) is 22.2 Å². The van der Waals surface area contributed by atoms with Crippen molar-refractivity contribution in [1.82, 2.24) is 5.43 Å². The molecule has 1 aromatic heterocycles. The van der Waals surface area contributed by atoms with Crippen LogP contribution in [0.4, 0.5) is 11.4 Å². The Morgan fingerprint density at radius 3 is 2.67 bits per heavy atom. The first-order valence-electron chi connectivity index (χ1n) is 7.72. The third kappa shape index (κ3) is 4.90. The third-order valence-corrected chi connectivity index (χ3v) is 3.95. The molecule has 0 amide bonds. The number of para-hydroxylation sites is 1. The van der Waals surface area contributed by atoms with Crippen LogP contribution in [0.1, 0.15) is 5.76 Å². The van der Waals surface area contributed by atoms with Gasteiger partial charge in [-0.2, -0.15) is 5.10 Å². The lowest BCUT2D eigenvalue weighted by Gasteiger charge is -2.05. The molecule has 7 nitrogen and oxygen atoms in total. The Labute approximate surface area is 164 Å². The quantitative estimate of drug-likeness (QED) is 0.276. The Bertz CT molecular complexity index is 1000. The molecule has 9 heteroatoms. The van der Waals surface area contributed by atoms with Crippen LogP contribution in [0.5, 0.6) is 0 Å². The first kappa shape index (κ1) is 18.6. The van der Waals surface area contributed by atoms with Gasteiger partial charge in [0.25, 0.3) is 5.69 Å². The number of non-ortho nitro benzene ring substituents is 1. The number of anilines is 1. The number of hydrogen-bond donors (Lipinski definition) is 2. The number of furan rings is 1. The van der Waals surface area contributed by atoms with Crippen LogP contribution >= 0.6 is 23.8 Å².